The highest BCUT2D eigenvalue weighted by Gasteiger charge is 2.50. The molecule has 144 valence electrons. The third-order valence-corrected chi connectivity index (χ3v) is 7.26. The Morgan fingerprint density at radius 1 is 1.26 bits per heavy atom. The van der Waals surface area contributed by atoms with Crippen molar-refractivity contribution in [3.63, 3.8) is 0 Å². The predicted molar refractivity (Wildman–Crippen MR) is 105 cm³/mol. The van der Waals surface area contributed by atoms with Gasteiger partial charge in [0.15, 0.2) is 5.78 Å². The topological polar surface area (TPSA) is 51.5 Å². The fraction of sp³-hybridized carbons (Fsp3) is 0.591. The van der Waals surface area contributed by atoms with Gasteiger partial charge in [-0.25, -0.2) is 0 Å². The van der Waals surface area contributed by atoms with E-state index >= 15 is 0 Å². The van der Waals surface area contributed by atoms with Crippen LogP contribution in [0.3, 0.4) is 0 Å². The number of halogens is 1. The van der Waals surface area contributed by atoms with Crippen molar-refractivity contribution in [2.45, 2.75) is 63.0 Å². The van der Waals surface area contributed by atoms with E-state index in [1.807, 2.05) is 24.4 Å². The number of nitrogens with zero attached hydrogens (tertiary/aromatic N) is 1. The van der Waals surface area contributed by atoms with Crippen LogP contribution in [-0.2, 0) is 4.74 Å². The van der Waals surface area contributed by atoms with Crippen LogP contribution in [-0.4, -0.2) is 34.3 Å². The lowest BCUT2D eigenvalue weighted by Crippen LogP contribution is -2.36. The van der Waals surface area contributed by atoms with Crippen molar-refractivity contribution in [1.29, 1.82) is 0 Å². The number of hydrogen-bond acceptors (Lipinski definition) is 3. The molecule has 1 N–H and O–H groups in total. The molecule has 1 atom stereocenters. The van der Waals surface area contributed by atoms with Crippen LogP contribution in [0.25, 0.3) is 10.9 Å². The van der Waals surface area contributed by atoms with E-state index in [0.717, 1.165) is 30.2 Å². The number of ketones is 1. The van der Waals surface area contributed by atoms with Gasteiger partial charge in [-0.15, -0.1) is 0 Å². The van der Waals surface area contributed by atoms with Crippen molar-refractivity contribution >= 4 is 28.3 Å². The minimum Gasteiger partial charge on any atom is -0.390 e. The van der Waals surface area contributed by atoms with Crippen molar-refractivity contribution in [1.82, 2.24) is 4.57 Å². The largest absolute Gasteiger partial charge is 0.390 e. The van der Waals surface area contributed by atoms with Crippen LogP contribution >= 0.6 is 11.6 Å². The summed E-state index contributed by atoms with van der Waals surface area (Å²) in [6.45, 7) is 1.34. The van der Waals surface area contributed by atoms with Gasteiger partial charge in [0.05, 0.1) is 35.4 Å². The number of ether oxygens (including phenoxy) is 1. The van der Waals surface area contributed by atoms with E-state index in [9.17, 15) is 9.90 Å². The molecular formula is C22H26ClNO3. The van der Waals surface area contributed by atoms with Crippen molar-refractivity contribution < 1.29 is 14.6 Å². The molecule has 3 fully saturated rings. The number of fused-ring (bicyclic) bond motifs is 1. The molecule has 27 heavy (non-hydrogen) atoms. The number of hydrogen-bond donors (Lipinski definition) is 1. The molecule has 0 radical (unpaired) electrons. The first-order valence-corrected chi connectivity index (χ1v) is 10.5. The summed E-state index contributed by atoms with van der Waals surface area (Å²) in [4.78, 5) is 13.1. The van der Waals surface area contributed by atoms with Gasteiger partial charge in [-0.3, -0.25) is 4.79 Å². The predicted octanol–water partition coefficient (Wildman–Crippen LogP) is 4.91. The number of carbonyl (C=O) groups excluding carboxylic acids is 1. The van der Waals surface area contributed by atoms with Crippen LogP contribution in [0.5, 0.6) is 0 Å². The van der Waals surface area contributed by atoms with Gasteiger partial charge in [0, 0.05) is 23.6 Å². The molecule has 5 rings (SSSR count). The molecule has 1 spiro atoms. The van der Waals surface area contributed by atoms with Crippen LogP contribution in [0.15, 0.2) is 24.4 Å². The second-order valence-electron chi connectivity index (χ2n) is 8.95. The molecule has 0 bridgehead atoms. The number of aliphatic hydroxyl groups is 1. The summed E-state index contributed by atoms with van der Waals surface area (Å²) in [5, 5.41) is 12.5. The molecule has 1 unspecified atom stereocenters. The zero-order valence-corrected chi connectivity index (χ0v) is 16.3. The Hall–Kier alpha value is -1.36. The van der Waals surface area contributed by atoms with Crippen molar-refractivity contribution in [3.8, 4) is 0 Å². The number of rotatable bonds is 5. The molecule has 1 aliphatic heterocycles. The quantitative estimate of drug-likeness (QED) is 0.741. The first-order chi connectivity index (χ1) is 13.0. The first kappa shape index (κ1) is 17.7. The molecule has 1 aromatic carbocycles. The standard InChI is InChI=1S/C22H26ClNO3/c23-17-3-1-4-18-20(17)16(11-24(18)15-12-27-13-15)19(25)5-8-22(26)7-2-6-21(14-22)9-10-21/h1,3-4,11,15,26H,2,5-10,12-14H2. The van der Waals surface area contributed by atoms with E-state index in [0.29, 0.717) is 42.1 Å². The second kappa shape index (κ2) is 6.33. The van der Waals surface area contributed by atoms with Gasteiger partial charge in [0.25, 0.3) is 0 Å². The zero-order chi connectivity index (χ0) is 18.6. The molecule has 0 amide bonds. The molecule has 4 nitrogen and oxygen atoms in total. The average molecular weight is 388 g/mol. The fourth-order valence-corrected chi connectivity index (χ4v) is 5.40. The summed E-state index contributed by atoms with van der Waals surface area (Å²) in [6, 6.07) is 6.05. The van der Waals surface area contributed by atoms with Crippen molar-refractivity contribution in [2.24, 2.45) is 5.41 Å². The van der Waals surface area contributed by atoms with E-state index in [1.54, 1.807) is 0 Å². The van der Waals surface area contributed by atoms with Crippen LogP contribution in [0, 0.1) is 5.41 Å². The number of aromatic nitrogens is 1. The highest BCUT2D eigenvalue weighted by molar-refractivity contribution is 6.37. The van der Waals surface area contributed by atoms with Gasteiger partial charge in [-0.2, -0.15) is 0 Å². The fourth-order valence-electron chi connectivity index (χ4n) is 5.13. The van der Waals surface area contributed by atoms with E-state index in [4.69, 9.17) is 16.3 Å². The first-order valence-electron chi connectivity index (χ1n) is 10.1. The van der Waals surface area contributed by atoms with Gasteiger partial charge < -0.3 is 14.4 Å². The van der Waals surface area contributed by atoms with E-state index < -0.39 is 5.60 Å². The second-order valence-corrected chi connectivity index (χ2v) is 9.36. The van der Waals surface area contributed by atoms with Crippen LogP contribution in [0.1, 0.15) is 67.8 Å². The highest BCUT2D eigenvalue weighted by Crippen LogP contribution is 2.59. The van der Waals surface area contributed by atoms with E-state index in [-0.39, 0.29) is 11.8 Å². The number of carbonyl (C=O) groups is 1. The number of benzene rings is 1. The average Bonchev–Trinajstić information content (AvgIpc) is 3.21. The molecular weight excluding hydrogens is 362 g/mol. The summed E-state index contributed by atoms with van der Waals surface area (Å²) < 4.78 is 7.46. The smallest absolute Gasteiger partial charge is 0.165 e. The Bertz CT molecular complexity index is 896. The Balaban J connectivity index is 1.39. The Labute approximate surface area is 164 Å². The molecule has 1 aromatic heterocycles. The molecule has 1 saturated heterocycles. The highest BCUT2D eigenvalue weighted by atomic mass is 35.5. The van der Waals surface area contributed by atoms with Gasteiger partial charge in [0.2, 0.25) is 0 Å². The molecule has 2 aliphatic carbocycles. The SMILES string of the molecule is O=C(CCC1(O)CCCC2(CC2)C1)c1cn(C2COC2)c2cccc(Cl)c12. The Morgan fingerprint density at radius 2 is 2.07 bits per heavy atom. The molecule has 5 heteroatoms. The summed E-state index contributed by atoms with van der Waals surface area (Å²) in [6.07, 6.45) is 9.38. The third kappa shape index (κ3) is 3.12. The maximum Gasteiger partial charge on any atom is 0.165 e. The Kier molecular flexibility index (Phi) is 4.15. The summed E-state index contributed by atoms with van der Waals surface area (Å²) in [5.41, 5.74) is 1.39. The van der Waals surface area contributed by atoms with Gasteiger partial charge >= 0.3 is 0 Å². The lowest BCUT2D eigenvalue weighted by molar-refractivity contribution is -0.0293. The van der Waals surface area contributed by atoms with E-state index in [2.05, 4.69) is 4.57 Å². The zero-order valence-electron chi connectivity index (χ0n) is 15.5. The molecule has 2 heterocycles. The summed E-state index contributed by atoms with van der Waals surface area (Å²) in [5.74, 6) is 0.0796. The maximum absolute atomic E-state index is 13.1. The summed E-state index contributed by atoms with van der Waals surface area (Å²) in [7, 11) is 0. The minimum absolute atomic E-state index is 0.0796. The van der Waals surface area contributed by atoms with Gasteiger partial charge in [0.1, 0.15) is 0 Å². The third-order valence-electron chi connectivity index (χ3n) is 6.95. The van der Waals surface area contributed by atoms with E-state index in [1.165, 1.54) is 19.3 Å². The van der Waals surface area contributed by atoms with Gasteiger partial charge in [-0.05, 0) is 56.1 Å². The normalized spacial score (nSPS) is 27.0. The van der Waals surface area contributed by atoms with Crippen LogP contribution in [0.4, 0.5) is 0 Å². The lowest BCUT2D eigenvalue weighted by atomic mass is 9.73. The minimum atomic E-state index is -0.672. The Morgan fingerprint density at radius 3 is 2.78 bits per heavy atom. The number of Topliss-reactive ketones (excluding diaryl/α,β-unsaturated/α-hetero) is 1. The molecule has 2 aromatic rings. The summed E-state index contributed by atoms with van der Waals surface area (Å²) >= 11 is 6.46. The monoisotopic (exact) mass is 387 g/mol. The lowest BCUT2D eigenvalue weighted by Gasteiger charge is -2.37. The van der Waals surface area contributed by atoms with Gasteiger partial charge in [-0.1, -0.05) is 24.1 Å². The van der Waals surface area contributed by atoms with Crippen LogP contribution in [0.2, 0.25) is 5.02 Å². The van der Waals surface area contributed by atoms with Crippen molar-refractivity contribution in [2.75, 3.05) is 13.2 Å². The van der Waals surface area contributed by atoms with Crippen LogP contribution < -0.4 is 0 Å². The molecule has 2 saturated carbocycles. The molecule has 3 aliphatic rings. The maximum atomic E-state index is 13.1. The van der Waals surface area contributed by atoms with Crippen molar-refractivity contribution in [3.05, 3.63) is 35.0 Å².